The van der Waals surface area contributed by atoms with E-state index in [1.54, 1.807) is 18.2 Å². The number of carbonyl (C=O) groups excluding carboxylic acids is 3. The van der Waals surface area contributed by atoms with E-state index in [1.807, 2.05) is 17.0 Å². The quantitative estimate of drug-likeness (QED) is 0.823. The molecule has 1 aliphatic rings. The van der Waals surface area contributed by atoms with E-state index in [1.165, 1.54) is 12.3 Å². The fraction of sp³-hybridized carbons (Fsp3) is 0.316. The summed E-state index contributed by atoms with van der Waals surface area (Å²) in [5.41, 5.74) is 1.46. The van der Waals surface area contributed by atoms with E-state index in [-0.39, 0.29) is 30.7 Å². The van der Waals surface area contributed by atoms with Crippen molar-refractivity contribution in [1.82, 2.24) is 15.5 Å². The van der Waals surface area contributed by atoms with Crippen LogP contribution in [0.15, 0.2) is 47.1 Å². The maximum Gasteiger partial charge on any atom is 0.287 e. The predicted octanol–water partition coefficient (Wildman–Crippen LogP) is 1.56. The highest BCUT2D eigenvalue weighted by molar-refractivity contribution is 5.95. The average Bonchev–Trinajstić information content (AvgIpc) is 3.38. The minimum atomic E-state index is -0.441. The molecular formula is C19H21N3O4. The molecule has 0 radical (unpaired) electrons. The van der Waals surface area contributed by atoms with Crippen LogP contribution >= 0.6 is 0 Å². The lowest BCUT2D eigenvalue weighted by atomic mass is 10.1. The number of nitrogens with one attached hydrogen (secondary N) is 2. The Labute approximate surface area is 151 Å². The summed E-state index contributed by atoms with van der Waals surface area (Å²) < 4.78 is 4.95. The maximum atomic E-state index is 12.4. The topological polar surface area (TPSA) is 91.6 Å². The van der Waals surface area contributed by atoms with Crippen LogP contribution in [0.4, 0.5) is 0 Å². The van der Waals surface area contributed by atoms with Crippen LogP contribution in [0.25, 0.3) is 0 Å². The third kappa shape index (κ3) is 4.50. The van der Waals surface area contributed by atoms with Crippen LogP contribution in [-0.2, 0) is 11.3 Å². The van der Waals surface area contributed by atoms with Crippen molar-refractivity contribution in [2.45, 2.75) is 19.4 Å². The SMILES string of the molecule is O=C(CNC(=O)c1ccco1)NCc1cccc(C(=O)N2CCCC2)c1. The first kappa shape index (κ1) is 17.7. The molecule has 2 heterocycles. The molecule has 1 aliphatic heterocycles. The van der Waals surface area contributed by atoms with E-state index in [2.05, 4.69) is 10.6 Å². The predicted molar refractivity (Wildman–Crippen MR) is 94.5 cm³/mol. The Hall–Kier alpha value is -3.09. The van der Waals surface area contributed by atoms with E-state index in [0.29, 0.717) is 5.56 Å². The minimum Gasteiger partial charge on any atom is -0.459 e. The Kier molecular flexibility index (Phi) is 5.68. The Morgan fingerprint density at radius 2 is 1.85 bits per heavy atom. The number of furan rings is 1. The molecule has 1 saturated heterocycles. The van der Waals surface area contributed by atoms with Crippen LogP contribution in [-0.4, -0.2) is 42.3 Å². The van der Waals surface area contributed by atoms with Gasteiger partial charge in [-0.2, -0.15) is 0 Å². The molecule has 0 spiro atoms. The molecule has 0 aliphatic carbocycles. The summed E-state index contributed by atoms with van der Waals surface area (Å²) in [4.78, 5) is 37.8. The molecule has 1 fully saturated rings. The van der Waals surface area contributed by atoms with E-state index in [9.17, 15) is 14.4 Å². The molecule has 2 N–H and O–H groups in total. The van der Waals surface area contributed by atoms with E-state index in [0.717, 1.165) is 31.5 Å². The molecule has 1 aromatic heterocycles. The van der Waals surface area contributed by atoms with Gasteiger partial charge in [-0.3, -0.25) is 14.4 Å². The Balaban J connectivity index is 1.48. The third-order valence-corrected chi connectivity index (χ3v) is 4.21. The zero-order chi connectivity index (χ0) is 18.4. The Bertz CT molecular complexity index is 780. The van der Waals surface area contributed by atoms with Gasteiger partial charge in [0, 0.05) is 25.2 Å². The van der Waals surface area contributed by atoms with E-state index >= 15 is 0 Å². The summed E-state index contributed by atoms with van der Waals surface area (Å²) >= 11 is 0. The zero-order valence-corrected chi connectivity index (χ0v) is 14.4. The average molecular weight is 355 g/mol. The summed E-state index contributed by atoms with van der Waals surface area (Å²) in [6, 6.07) is 10.4. The molecule has 3 rings (SSSR count). The molecule has 0 unspecified atom stereocenters. The molecule has 0 bridgehead atoms. The van der Waals surface area contributed by atoms with Gasteiger partial charge in [-0.1, -0.05) is 12.1 Å². The molecule has 136 valence electrons. The summed E-state index contributed by atoms with van der Waals surface area (Å²) in [5.74, 6) is -0.572. The van der Waals surface area contributed by atoms with Gasteiger partial charge in [0.1, 0.15) is 0 Å². The highest BCUT2D eigenvalue weighted by Crippen LogP contribution is 2.14. The van der Waals surface area contributed by atoms with Crippen molar-refractivity contribution >= 4 is 17.7 Å². The van der Waals surface area contributed by atoms with Crippen LogP contribution in [0.3, 0.4) is 0 Å². The number of likely N-dealkylation sites (tertiary alicyclic amines) is 1. The van der Waals surface area contributed by atoms with Crippen molar-refractivity contribution < 1.29 is 18.8 Å². The summed E-state index contributed by atoms with van der Waals surface area (Å²) in [7, 11) is 0. The number of nitrogens with zero attached hydrogens (tertiary/aromatic N) is 1. The smallest absolute Gasteiger partial charge is 0.287 e. The summed E-state index contributed by atoms with van der Waals surface area (Å²) in [6.45, 7) is 1.74. The summed E-state index contributed by atoms with van der Waals surface area (Å²) in [5, 5.41) is 5.21. The number of amides is 3. The van der Waals surface area contributed by atoms with Crippen molar-refractivity contribution in [2.24, 2.45) is 0 Å². The molecule has 0 atom stereocenters. The van der Waals surface area contributed by atoms with Crippen LogP contribution in [0, 0.1) is 0 Å². The van der Waals surface area contributed by atoms with Crippen LogP contribution in [0.5, 0.6) is 0 Å². The van der Waals surface area contributed by atoms with Gasteiger partial charge in [0.15, 0.2) is 5.76 Å². The van der Waals surface area contributed by atoms with E-state index in [4.69, 9.17) is 4.42 Å². The minimum absolute atomic E-state index is 0.0291. The largest absolute Gasteiger partial charge is 0.459 e. The number of hydrogen-bond donors (Lipinski definition) is 2. The molecule has 3 amide bonds. The highest BCUT2D eigenvalue weighted by atomic mass is 16.3. The fourth-order valence-corrected chi connectivity index (χ4v) is 2.84. The van der Waals surface area contributed by atoms with Gasteiger partial charge in [0.05, 0.1) is 12.8 Å². The number of benzene rings is 1. The van der Waals surface area contributed by atoms with Crippen molar-refractivity contribution in [3.05, 3.63) is 59.5 Å². The second-order valence-corrected chi connectivity index (χ2v) is 6.14. The zero-order valence-electron chi connectivity index (χ0n) is 14.4. The lowest BCUT2D eigenvalue weighted by Crippen LogP contribution is -2.36. The molecule has 26 heavy (non-hydrogen) atoms. The lowest BCUT2D eigenvalue weighted by Gasteiger charge is -2.15. The first-order valence-electron chi connectivity index (χ1n) is 8.60. The Morgan fingerprint density at radius 3 is 2.58 bits per heavy atom. The first-order chi connectivity index (χ1) is 12.6. The molecule has 7 heteroatoms. The second-order valence-electron chi connectivity index (χ2n) is 6.14. The molecule has 0 saturated carbocycles. The fourth-order valence-electron chi connectivity index (χ4n) is 2.84. The van der Waals surface area contributed by atoms with Gasteiger partial charge in [0.25, 0.3) is 11.8 Å². The Morgan fingerprint density at radius 1 is 1.04 bits per heavy atom. The van der Waals surface area contributed by atoms with Crippen LogP contribution < -0.4 is 10.6 Å². The number of rotatable bonds is 6. The lowest BCUT2D eigenvalue weighted by molar-refractivity contribution is -0.120. The second kappa shape index (κ2) is 8.33. The molecule has 2 aromatic rings. The van der Waals surface area contributed by atoms with Crippen LogP contribution in [0.1, 0.15) is 39.3 Å². The molecule has 1 aromatic carbocycles. The normalized spacial score (nSPS) is 13.5. The van der Waals surface area contributed by atoms with Gasteiger partial charge in [-0.15, -0.1) is 0 Å². The third-order valence-electron chi connectivity index (χ3n) is 4.21. The number of carbonyl (C=O) groups is 3. The standard InChI is InChI=1S/C19H21N3O4/c23-17(13-21-18(24)16-7-4-10-26-16)20-12-14-5-3-6-15(11-14)19(25)22-8-1-2-9-22/h3-7,10-11H,1-2,8-9,12-13H2,(H,20,23)(H,21,24). The van der Waals surface area contributed by atoms with Crippen molar-refractivity contribution in [1.29, 1.82) is 0 Å². The van der Waals surface area contributed by atoms with Crippen molar-refractivity contribution in [3.63, 3.8) is 0 Å². The summed E-state index contributed by atoms with van der Waals surface area (Å²) in [6.07, 6.45) is 3.49. The molecular weight excluding hydrogens is 334 g/mol. The maximum absolute atomic E-state index is 12.4. The monoisotopic (exact) mass is 355 g/mol. The van der Waals surface area contributed by atoms with Crippen molar-refractivity contribution in [2.75, 3.05) is 19.6 Å². The van der Waals surface area contributed by atoms with E-state index < -0.39 is 5.91 Å². The van der Waals surface area contributed by atoms with Gasteiger partial charge < -0.3 is 20.0 Å². The highest BCUT2D eigenvalue weighted by Gasteiger charge is 2.19. The number of hydrogen-bond acceptors (Lipinski definition) is 4. The van der Waals surface area contributed by atoms with Gasteiger partial charge in [0.2, 0.25) is 5.91 Å². The molecule has 7 nitrogen and oxygen atoms in total. The first-order valence-corrected chi connectivity index (χ1v) is 8.60. The van der Waals surface area contributed by atoms with Crippen LogP contribution in [0.2, 0.25) is 0 Å². The van der Waals surface area contributed by atoms with Gasteiger partial charge >= 0.3 is 0 Å². The van der Waals surface area contributed by atoms with Gasteiger partial charge in [-0.05, 0) is 42.7 Å². The van der Waals surface area contributed by atoms with Crippen molar-refractivity contribution in [3.8, 4) is 0 Å². The van der Waals surface area contributed by atoms with Gasteiger partial charge in [-0.25, -0.2) is 0 Å².